The Hall–Kier alpha value is -2.93. The van der Waals surface area contributed by atoms with Crippen LogP contribution in [0.15, 0.2) is 53.1 Å². The number of fused-ring (bicyclic) bond motifs is 1. The Kier molecular flexibility index (Phi) is 6.17. The van der Waals surface area contributed by atoms with E-state index in [0.717, 1.165) is 17.7 Å². The van der Waals surface area contributed by atoms with E-state index in [1.807, 2.05) is 44.4 Å². The number of rotatable bonds is 7. The lowest BCUT2D eigenvalue weighted by molar-refractivity contribution is -0.120. The van der Waals surface area contributed by atoms with Crippen molar-refractivity contribution in [3.63, 3.8) is 0 Å². The zero-order valence-corrected chi connectivity index (χ0v) is 18.0. The summed E-state index contributed by atoms with van der Waals surface area (Å²) in [5.74, 6) is 1.05. The molecule has 0 spiro atoms. The Labute approximate surface area is 175 Å². The molecule has 0 saturated heterocycles. The zero-order valence-electron chi connectivity index (χ0n) is 17.1. The molecule has 1 aliphatic rings. The first-order valence-corrected chi connectivity index (χ1v) is 10.2. The number of aromatic nitrogens is 1. The highest BCUT2D eigenvalue weighted by Crippen LogP contribution is 2.41. The SMILES string of the molecule is C=CC=N/C=C(\C)N(C(=O)COc1cccc2c1OC(C)(C)C2)c1nc(C)cs1. The van der Waals surface area contributed by atoms with Gasteiger partial charge in [0.05, 0.1) is 5.69 Å². The molecule has 3 rings (SSSR count). The number of ether oxygens (including phenoxy) is 2. The van der Waals surface area contributed by atoms with Crippen molar-refractivity contribution in [1.82, 2.24) is 4.98 Å². The Bertz CT molecular complexity index is 975. The standard InChI is InChI=1S/C22H25N3O3S/c1-6-10-23-12-16(3)25(21-24-15(2)14-29-21)19(26)13-27-18-9-7-8-17-11-22(4,5)28-20(17)18/h6-10,12,14H,1,11,13H2,2-5H3/b16-12+,23-10?. The third kappa shape index (κ3) is 4.92. The second-order valence-corrected chi connectivity index (χ2v) is 8.21. The van der Waals surface area contributed by atoms with Crippen molar-refractivity contribution in [3.05, 3.63) is 59.4 Å². The van der Waals surface area contributed by atoms with E-state index in [1.165, 1.54) is 16.2 Å². The van der Waals surface area contributed by atoms with Crippen LogP contribution in [0.5, 0.6) is 11.5 Å². The quantitative estimate of drug-likeness (QED) is 0.620. The molecule has 0 N–H and O–H groups in total. The molecule has 6 nitrogen and oxygen atoms in total. The molecular weight excluding hydrogens is 386 g/mol. The van der Waals surface area contributed by atoms with Crippen molar-refractivity contribution in [2.45, 2.75) is 39.7 Å². The van der Waals surface area contributed by atoms with E-state index in [2.05, 4.69) is 16.6 Å². The fourth-order valence-electron chi connectivity index (χ4n) is 3.07. The van der Waals surface area contributed by atoms with Crippen LogP contribution >= 0.6 is 11.3 Å². The summed E-state index contributed by atoms with van der Waals surface area (Å²) in [4.78, 5) is 23.1. The molecule has 0 radical (unpaired) electrons. The van der Waals surface area contributed by atoms with Gasteiger partial charge in [-0.3, -0.25) is 14.7 Å². The normalized spacial score (nSPS) is 15.1. The van der Waals surface area contributed by atoms with Gasteiger partial charge in [0, 0.05) is 35.5 Å². The van der Waals surface area contributed by atoms with Crippen LogP contribution in [0, 0.1) is 6.92 Å². The monoisotopic (exact) mass is 411 g/mol. The molecule has 1 aromatic heterocycles. The molecule has 0 saturated carbocycles. The van der Waals surface area contributed by atoms with Gasteiger partial charge in [0.25, 0.3) is 5.91 Å². The van der Waals surface area contributed by atoms with Crippen LogP contribution in [0.4, 0.5) is 5.13 Å². The Morgan fingerprint density at radius 3 is 2.97 bits per heavy atom. The Morgan fingerprint density at radius 2 is 2.28 bits per heavy atom. The number of thiazole rings is 1. The number of amides is 1. The van der Waals surface area contributed by atoms with Gasteiger partial charge in [0.1, 0.15) is 5.60 Å². The minimum absolute atomic E-state index is 0.144. The van der Waals surface area contributed by atoms with Crippen molar-refractivity contribution in [2.24, 2.45) is 4.99 Å². The van der Waals surface area contributed by atoms with Crippen LogP contribution in [0.25, 0.3) is 0 Å². The third-order valence-electron chi connectivity index (χ3n) is 4.26. The fourth-order valence-corrected chi connectivity index (χ4v) is 3.95. The number of anilines is 1. The number of carbonyl (C=O) groups excluding carboxylic acids is 1. The summed E-state index contributed by atoms with van der Waals surface area (Å²) in [6.07, 6.45) is 5.54. The summed E-state index contributed by atoms with van der Waals surface area (Å²) in [6.45, 7) is 11.2. The van der Waals surface area contributed by atoms with Crippen LogP contribution in [0.1, 0.15) is 32.0 Å². The first-order valence-electron chi connectivity index (χ1n) is 9.30. The van der Waals surface area contributed by atoms with Gasteiger partial charge in [-0.1, -0.05) is 24.8 Å². The van der Waals surface area contributed by atoms with Crippen molar-refractivity contribution in [2.75, 3.05) is 11.5 Å². The molecule has 29 heavy (non-hydrogen) atoms. The van der Waals surface area contributed by atoms with Crippen LogP contribution in [-0.4, -0.2) is 29.3 Å². The molecule has 7 heteroatoms. The van der Waals surface area contributed by atoms with Gasteiger partial charge in [0.15, 0.2) is 23.2 Å². The predicted molar refractivity (Wildman–Crippen MR) is 117 cm³/mol. The largest absolute Gasteiger partial charge is 0.483 e. The maximum atomic E-state index is 13.0. The van der Waals surface area contributed by atoms with Gasteiger partial charge in [0.2, 0.25) is 0 Å². The maximum Gasteiger partial charge on any atom is 0.271 e. The molecule has 0 atom stereocenters. The number of hydrogen-bond donors (Lipinski definition) is 0. The molecule has 0 unspecified atom stereocenters. The van der Waals surface area contributed by atoms with E-state index < -0.39 is 0 Å². The van der Waals surface area contributed by atoms with E-state index in [0.29, 0.717) is 22.3 Å². The Balaban J connectivity index is 1.80. The van der Waals surface area contributed by atoms with Gasteiger partial charge >= 0.3 is 0 Å². The highest BCUT2D eigenvalue weighted by molar-refractivity contribution is 7.14. The molecule has 2 heterocycles. The number of carbonyl (C=O) groups is 1. The lowest BCUT2D eigenvalue weighted by atomic mass is 10.0. The highest BCUT2D eigenvalue weighted by Gasteiger charge is 2.32. The molecular formula is C22H25N3O3S. The summed E-state index contributed by atoms with van der Waals surface area (Å²) >= 11 is 1.40. The molecule has 0 aliphatic carbocycles. The lowest BCUT2D eigenvalue weighted by Crippen LogP contribution is -2.33. The van der Waals surface area contributed by atoms with Gasteiger partial charge in [-0.05, 0) is 33.8 Å². The third-order valence-corrected chi connectivity index (χ3v) is 5.20. The average Bonchev–Trinajstić information content (AvgIpc) is 3.21. The Morgan fingerprint density at radius 1 is 1.48 bits per heavy atom. The van der Waals surface area contributed by atoms with Crippen LogP contribution in [0.3, 0.4) is 0 Å². The number of benzene rings is 1. The van der Waals surface area contributed by atoms with Crippen LogP contribution in [-0.2, 0) is 11.2 Å². The summed E-state index contributed by atoms with van der Waals surface area (Å²) in [7, 11) is 0. The fraction of sp³-hybridized carbons (Fsp3) is 0.318. The minimum atomic E-state index is -0.279. The number of aryl methyl sites for hydroxylation is 1. The molecule has 152 valence electrons. The van der Waals surface area contributed by atoms with E-state index in [9.17, 15) is 4.79 Å². The van der Waals surface area contributed by atoms with Crippen molar-refractivity contribution in [1.29, 1.82) is 0 Å². The van der Waals surface area contributed by atoms with E-state index >= 15 is 0 Å². The van der Waals surface area contributed by atoms with Gasteiger partial charge in [-0.2, -0.15) is 0 Å². The number of aliphatic imine (C=N–C) groups is 1. The second-order valence-electron chi connectivity index (χ2n) is 7.38. The smallest absolute Gasteiger partial charge is 0.271 e. The summed E-state index contributed by atoms with van der Waals surface area (Å²) < 4.78 is 11.9. The topological polar surface area (TPSA) is 64.0 Å². The molecule has 1 amide bonds. The van der Waals surface area contributed by atoms with Crippen molar-refractivity contribution < 1.29 is 14.3 Å². The lowest BCUT2D eigenvalue weighted by Gasteiger charge is -2.21. The van der Waals surface area contributed by atoms with Gasteiger partial charge in [-0.15, -0.1) is 11.3 Å². The van der Waals surface area contributed by atoms with Gasteiger partial charge < -0.3 is 9.47 Å². The summed E-state index contributed by atoms with van der Waals surface area (Å²) in [6, 6.07) is 5.76. The van der Waals surface area contributed by atoms with Crippen LogP contribution < -0.4 is 14.4 Å². The number of para-hydroxylation sites is 1. The first-order chi connectivity index (χ1) is 13.8. The molecule has 2 aromatic rings. The number of allylic oxidation sites excluding steroid dienone is 2. The molecule has 1 aromatic carbocycles. The molecule has 1 aliphatic heterocycles. The molecule has 0 fully saturated rings. The van der Waals surface area contributed by atoms with Crippen molar-refractivity contribution in [3.8, 4) is 11.5 Å². The summed E-state index contributed by atoms with van der Waals surface area (Å²) in [5, 5.41) is 2.48. The first kappa shape index (κ1) is 20.8. The van der Waals surface area contributed by atoms with Crippen molar-refractivity contribution >= 4 is 28.6 Å². The van der Waals surface area contributed by atoms with E-state index in [1.54, 1.807) is 25.4 Å². The van der Waals surface area contributed by atoms with Crippen LogP contribution in [0.2, 0.25) is 0 Å². The van der Waals surface area contributed by atoms with E-state index in [4.69, 9.17) is 9.47 Å². The average molecular weight is 412 g/mol. The second kappa shape index (κ2) is 8.61. The predicted octanol–water partition coefficient (Wildman–Crippen LogP) is 4.70. The zero-order chi connectivity index (χ0) is 21.0. The minimum Gasteiger partial charge on any atom is -0.483 e. The van der Waals surface area contributed by atoms with Gasteiger partial charge in [-0.25, -0.2) is 4.98 Å². The summed E-state index contributed by atoms with van der Waals surface area (Å²) in [5.41, 5.74) is 2.30. The molecule has 0 bridgehead atoms. The van der Waals surface area contributed by atoms with E-state index in [-0.39, 0.29) is 18.1 Å². The highest BCUT2D eigenvalue weighted by atomic mass is 32.1. The number of nitrogens with zero attached hydrogens (tertiary/aromatic N) is 3. The maximum absolute atomic E-state index is 13.0. The number of hydrogen-bond acceptors (Lipinski definition) is 6.